The number of aromatic nitrogens is 2. The Kier molecular flexibility index (Phi) is 5.73. The van der Waals surface area contributed by atoms with Crippen molar-refractivity contribution in [2.45, 2.75) is 26.4 Å². The number of piperazine rings is 1. The monoisotopic (exact) mass is 446 g/mol. The fourth-order valence-corrected chi connectivity index (χ4v) is 4.87. The number of aryl methyl sites for hydroxylation is 1. The Hall–Kier alpha value is -1.54. The van der Waals surface area contributed by atoms with E-state index < -0.39 is 0 Å². The zero-order valence-electron chi connectivity index (χ0n) is 15.6. The third kappa shape index (κ3) is 4.48. The van der Waals surface area contributed by atoms with Crippen LogP contribution in [-0.4, -0.2) is 46.1 Å². The average Bonchev–Trinajstić information content (AvgIpc) is 3.32. The molecule has 1 fully saturated rings. The maximum Gasteiger partial charge on any atom is 0.244 e. The fourth-order valence-electron chi connectivity index (χ4n) is 3.35. The molecule has 1 aliphatic heterocycles. The van der Waals surface area contributed by atoms with Crippen molar-refractivity contribution in [2.24, 2.45) is 0 Å². The first-order valence-electron chi connectivity index (χ1n) is 9.20. The Labute approximate surface area is 172 Å². The largest absolute Gasteiger partial charge is 0.337 e. The summed E-state index contributed by atoms with van der Waals surface area (Å²) in [5, 5.41) is 4.18. The first-order chi connectivity index (χ1) is 13.1. The molecule has 3 aromatic rings. The Morgan fingerprint density at radius 2 is 1.85 bits per heavy atom. The summed E-state index contributed by atoms with van der Waals surface area (Å²) < 4.78 is 6.77. The fraction of sp³-hybridized carbons (Fsp3) is 0.400. The lowest BCUT2D eigenvalue weighted by Crippen LogP contribution is -2.46. The van der Waals surface area contributed by atoms with E-state index in [2.05, 4.69) is 74.0 Å². The minimum atomic E-state index is 0.134. The molecule has 1 aromatic carbocycles. The lowest BCUT2D eigenvalue weighted by Gasteiger charge is -2.36. The van der Waals surface area contributed by atoms with E-state index in [1.807, 2.05) is 23.5 Å². The Morgan fingerprint density at radius 1 is 1.11 bits per heavy atom. The molecular weight excluding hydrogens is 424 g/mol. The van der Waals surface area contributed by atoms with E-state index >= 15 is 0 Å². The zero-order valence-corrected chi connectivity index (χ0v) is 18.0. The molecule has 0 N–H and O–H groups in total. The predicted molar refractivity (Wildman–Crippen MR) is 112 cm³/mol. The van der Waals surface area contributed by atoms with Crippen molar-refractivity contribution in [3.05, 3.63) is 56.5 Å². The first-order valence-corrected chi connectivity index (χ1v) is 10.8. The van der Waals surface area contributed by atoms with E-state index in [1.165, 1.54) is 14.2 Å². The zero-order chi connectivity index (χ0) is 18.8. The molecule has 0 amide bonds. The van der Waals surface area contributed by atoms with Crippen molar-refractivity contribution in [3.8, 4) is 11.4 Å². The highest BCUT2D eigenvalue weighted by molar-refractivity contribution is 9.11. The van der Waals surface area contributed by atoms with Gasteiger partial charge in [0.25, 0.3) is 0 Å². The maximum absolute atomic E-state index is 5.57. The lowest BCUT2D eigenvalue weighted by atomic mass is 10.1. The van der Waals surface area contributed by atoms with E-state index in [9.17, 15) is 0 Å². The van der Waals surface area contributed by atoms with E-state index in [1.54, 1.807) is 0 Å². The molecule has 0 radical (unpaired) electrons. The van der Waals surface area contributed by atoms with Gasteiger partial charge in [0.15, 0.2) is 0 Å². The molecule has 3 heterocycles. The Bertz CT molecular complexity index is 884. The highest BCUT2D eigenvalue weighted by Crippen LogP contribution is 2.26. The summed E-state index contributed by atoms with van der Waals surface area (Å²) in [6, 6.07) is 12.7. The van der Waals surface area contributed by atoms with Gasteiger partial charge in [-0.2, -0.15) is 4.98 Å². The molecule has 0 saturated carbocycles. The van der Waals surface area contributed by atoms with Crippen LogP contribution < -0.4 is 0 Å². The van der Waals surface area contributed by atoms with Crippen LogP contribution in [0.15, 0.2) is 44.7 Å². The van der Waals surface area contributed by atoms with Crippen LogP contribution in [0.1, 0.15) is 29.3 Å². The average molecular weight is 447 g/mol. The number of rotatable bonds is 5. The number of hydrogen-bond acceptors (Lipinski definition) is 6. The maximum atomic E-state index is 5.57. The third-order valence-corrected chi connectivity index (χ3v) is 6.68. The quantitative estimate of drug-likeness (QED) is 0.565. The van der Waals surface area contributed by atoms with Crippen LogP contribution in [0.2, 0.25) is 0 Å². The predicted octanol–water partition coefficient (Wildman–Crippen LogP) is 4.75. The van der Waals surface area contributed by atoms with Crippen LogP contribution in [-0.2, 0) is 6.54 Å². The molecule has 1 unspecified atom stereocenters. The minimum Gasteiger partial charge on any atom is -0.337 e. The van der Waals surface area contributed by atoms with Gasteiger partial charge in [-0.1, -0.05) is 35.0 Å². The number of nitrogens with zero attached hydrogens (tertiary/aromatic N) is 4. The second-order valence-corrected chi connectivity index (χ2v) is 9.56. The van der Waals surface area contributed by atoms with Crippen LogP contribution in [0.3, 0.4) is 0 Å². The molecule has 4 rings (SSSR count). The smallest absolute Gasteiger partial charge is 0.244 e. The molecule has 1 atom stereocenters. The first kappa shape index (κ1) is 18.8. The second kappa shape index (κ2) is 8.22. The van der Waals surface area contributed by atoms with Crippen molar-refractivity contribution >= 4 is 27.3 Å². The van der Waals surface area contributed by atoms with E-state index in [4.69, 9.17) is 4.52 Å². The van der Waals surface area contributed by atoms with Crippen molar-refractivity contribution in [1.82, 2.24) is 19.9 Å². The van der Waals surface area contributed by atoms with Gasteiger partial charge < -0.3 is 4.52 Å². The highest BCUT2D eigenvalue weighted by atomic mass is 79.9. The topological polar surface area (TPSA) is 45.4 Å². The summed E-state index contributed by atoms with van der Waals surface area (Å²) in [6.07, 6.45) is 0. The molecule has 7 heteroatoms. The molecule has 0 spiro atoms. The minimum absolute atomic E-state index is 0.134. The molecule has 5 nitrogen and oxygen atoms in total. The second-order valence-electron chi connectivity index (χ2n) is 7.02. The number of hydrogen-bond donors (Lipinski definition) is 0. The molecule has 1 aliphatic rings. The van der Waals surface area contributed by atoms with Crippen LogP contribution in [0.25, 0.3) is 11.4 Å². The van der Waals surface area contributed by atoms with Crippen molar-refractivity contribution in [3.63, 3.8) is 0 Å². The highest BCUT2D eigenvalue weighted by Gasteiger charge is 2.26. The summed E-state index contributed by atoms with van der Waals surface area (Å²) in [4.78, 5) is 11.0. The van der Waals surface area contributed by atoms with Gasteiger partial charge in [-0.25, -0.2) is 0 Å². The number of thiophene rings is 1. The van der Waals surface area contributed by atoms with Gasteiger partial charge in [0.2, 0.25) is 11.7 Å². The molecular formula is C20H23BrN4OS. The molecule has 1 saturated heterocycles. The summed E-state index contributed by atoms with van der Waals surface area (Å²) in [6.45, 7) is 9.38. The van der Waals surface area contributed by atoms with Gasteiger partial charge in [0.05, 0.1) is 9.83 Å². The van der Waals surface area contributed by atoms with Gasteiger partial charge in [-0.05, 0) is 41.9 Å². The van der Waals surface area contributed by atoms with Gasteiger partial charge in [0, 0.05) is 43.2 Å². The van der Waals surface area contributed by atoms with E-state index in [0.29, 0.717) is 11.7 Å². The number of benzene rings is 1. The lowest BCUT2D eigenvalue weighted by molar-refractivity contribution is 0.0851. The summed E-state index contributed by atoms with van der Waals surface area (Å²) in [5.41, 5.74) is 2.22. The van der Waals surface area contributed by atoms with Crippen LogP contribution in [0.5, 0.6) is 0 Å². The van der Waals surface area contributed by atoms with Gasteiger partial charge >= 0.3 is 0 Å². The van der Waals surface area contributed by atoms with Crippen LogP contribution in [0.4, 0.5) is 0 Å². The van der Waals surface area contributed by atoms with Gasteiger partial charge in [-0.3, -0.25) is 9.80 Å². The van der Waals surface area contributed by atoms with E-state index in [0.717, 1.165) is 38.3 Å². The van der Waals surface area contributed by atoms with Crippen LogP contribution in [0, 0.1) is 6.92 Å². The molecule has 142 valence electrons. The van der Waals surface area contributed by atoms with Crippen molar-refractivity contribution in [1.29, 1.82) is 0 Å². The van der Waals surface area contributed by atoms with Crippen molar-refractivity contribution < 1.29 is 4.52 Å². The van der Waals surface area contributed by atoms with Crippen molar-refractivity contribution in [2.75, 3.05) is 26.2 Å². The molecule has 2 aromatic heterocycles. The molecule has 0 aliphatic carbocycles. The van der Waals surface area contributed by atoms with Gasteiger partial charge in [-0.15, -0.1) is 11.3 Å². The normalized spacial score (nSPS) is 17.3. The molecule has 0 bridgehead atoms. The number of halogens is 1. The van der Waals surface area contributed by atoms with Crippen LogP contribution >= 0.6 is 27.3 Å². The summed E-state index contributed by atoms with van der Waals surface area (Å²) in [5.74, 6) is 1.36. The standard InChI is InChI=1S/C20H23BrN4OS/c1-14-3-5-16(6-4-14)19-22-20(26-23-19)15(2)25-11-9-24(10-12-25)13-17-7-8-18(21)27-17/h3-8,15H,9-13H2,1-2H3. The Balaban J connectivity index is 1.35. The SMILES string of the molecule is Cc1ccc(-c2noc(C(C)N3CCN(Cc4ccc(Br)s4)CC3)n2)cc1. The van der Waals surface area contributed by atoms with Gasteiger partial charge in [0.1, 0.15) is 0 Å². The summed E-state index contributed by atoms with van der Waals surface area (Å²) in [7, 11) is 0. The summed E-state index contributed by atoms with van der Waals surface area (Å²) >= 11 is 5.36. The molecule has 27 heavy (non-hydrogen) atoms. The van der Waals surface area contributed by atoms with E-state index in [-0.39, 0.29) is 6.04 Å². The Morgan fingerprint density at radius 3 is 2.52 bits per heavy atom. The third-order valence-electron chi connectivity index (χ3n) is 5.07.